The highest BCUT2D eigenvalue weighted by Gasteiger charge is 2.44. The molecule has 10 nitrogen and oxygen atoms in total. The Bertz CT molecular complexity index is 1230. The summed E-state index contributed by atoms with van der Waals surface area (Å²) >= 11 is 0. The Labute approximate surface area is 489 Å². The third kappa shape index (κ3) is 47.1. The molecule has 472 valence electrons. The molecule has 1 rings (SSSR count). The summed E-state index contributed by atoms with van der Waals surface area (Å²) in [5.41, 5.74) is 0. The van der Waals surface area contributed by atoms with E-state index in [-0.39, 0.29) is 6.61 Å². The van der Waals surface area contributed by atoms with E-state index in [2.05, 4.69) is 19.2 Å². The van der Waals surface area contributed by atoms with Crippen LogP contribution in [-0.4, -0.2) is 98.7 Å². The summed E-state index contributed by atoms with van der Waals surface area (Å²) in [5, 5.41) is 65.4. The maximum atomic E-state index is 13.2. The number of nitrogens with one attached hydrogen (secondary N) is 1. The van der Waals surface area contributed by atoms with Gasteiger partial charge in [0.05, 0.1) is 25.4 Å². The summed E-state index contributed by atoms with van der Waals surface area (Å²) < 4.78 is 11.3. The Morgan fingerprint density at radius 1 is 0.380 bits per heavy atom. The molecule has 1 fully saturated rings. The number of amides is 1. The fourth-order valence-corrected chi connectivity index (χ4v) is 11.9. The first-order valence-corrected chi connectivity index (χ1v) is 35.3. The average molecular weight is 1120 g/mol. The predicted molar refractivity (Wildman–Crippen MR) is 334 cm³/mol. The molecule has 7 N–H and O–H groups in total. The third-order valence-corrected chi connectivity index (χ3v) is 17.6. The number of rotatable bonds is 63. The summed E-state index contributed by atoms with van der Waals surface area (Å²) in [6.07, 6.45) is 63.7. The lowest BCUT2D eigenvalue weighted by Gasteiger charge is -2.40. The van der Waals surface area contributed by atoms with Crippen LogP contribution in [0.3, 0.4) is 0 Å². The van der Waals surface area contributed by atoms with Crippen LogP contribution in [-0.2, 0) is 14.3 Å². The van der Waals surface area contributed by atoms with Gasteiger partial charge in [-0.25, -0.2) is 0 Å². The van der Waals surface area contributed by atoms with Crippen molar-refractivity contribution in [2.75, 3.05) is 13.2 Å². The summed E-state index contributed by atoms with van der Waals surface area (Å²) in [6, 6.07) is -0.890. The Morgan fingerprint density at radius 2 is 0.633 bits per heavy atom. The second-order valence-corrected chi connectivity index (χ2v) is 25.2. The van der Waals surface area contributed by atoms with Gasteiger partial charge in [-0.3, -0.25) is 4.79 Å². The molecule has 0 saturated carbocycles. The van der Waals surface area contributed by atoms with Crippen LogP contribution in [0.4, 0.5) is 0 Å². The Morgan fingerprint density at radius 3 is 0.899 bits per heavy atom. The van der Waals surface area contributed by atoms with Crippen molar-refractivity contribution >= 4 is 5.91 Å². The number of aliphatic hydroxyl groups excluding tert-OH is 6. The molecule has 0 aromatic heterocycles. The van der Waals surface area contributed by atoms with Crippen molar-refractivity contribution < 1.29 is 44.9 Å². The van der Waals surface area contributed by atoms with Crippen LogP contribution in [0.25, 0.3) is 0 Å². The van der Waals surface area contributed by atoms with Gasteiger partial charge in [0.15, 0.2) is 6.29 Å². The standard InChI is InChI=1S/C69H137NO9/c1-3-5-7-9-11-13-15-17-19-21-22-23-24-25-26-27-28-29-30-31-32-33-34-35-36-37-38-39-40-41-42-44-46-48-50-52-54-56-58-63(73)68(77)70-61(60-78-69-67(76)66(75)65(74)64(59-71)79-69)62(72)57-55-53-51-49-47-45-43-20-18-16-14-12-10-8-6-4-2/h61-67,69,71-76H,3-60H2,1-2H3,(H,70,77). The van der Waals surface area contributed by atoms with Crippen LogP contribution in [0.2, 0.25) is 0 Å². The molecule has 1 aliphatic heterocycles. The Balaban J connectivity index is 2.04. The number of ether oxygens (including phenoxy) is 2. The molecule has 1 aliphatic rings. The van der Waals surface area contributed by atoms with E-state index in [1.165, 1.54) is 308 Å². The highest BCUT2D eigenvalue weighted by Crippen LogP contribution is 2.24. The third-order valence-electron chi connectivity index (χ3n) is 17.6. The Hall–Kier alpha value is -0.850. The smallest absolute Gasteiger partial charge is 0.249 e. The van der Waals surface area contributed by atoms with Gasteiger partial charge in [-0.05, 0) is 12.8 Å². The normalized spacial score (nSPS) is 18.8. The first-order chi connectivity index (χ1) is 38.8. The predicted octanol–water partition coefficient (Wildman–Crippen LogP) is 17.9. The quantitative estimate of drug-likeness (QED) is 0.0293. The number of carbonyl (C=O) groups is 1. The van der Waals surface area contributed by atoms with E-state index in [0.717, 1.165) is 38.5 Å². The molecule has 0 aromatic carbocycles. The fourth-order valence-electron chi connectivity index (χ4n) is 11.9. The van der Waals surface area contributed by atoms with Crippen LogP contribution < -0.4 is 5.32 Å². The van der Waals surface area contributed by atoms with Crippen LogP contribution in [0.15, 0.2) is 0 Å². The molecule has 1 saturated heterocycles. The number of hydrogen-bond donors (Lipinski definition) is 7. The molecule has 0 aliphatic carbocycles. The molecule has 1 heterocycles. The summed E-state index contributed by atoms with van der Waals surface area (Å²) in [5.74, 6) is -0.574. The number of hydrogen-bond acceptors (Lipinski definition) is 9. The highest BCUT2D eigenvalue weighted by molar-refractivity contribution is 5.80. The van der Waals surface area contributed by atoms with Gasteiger partial charge in [0.25, 0.3) is 0 Å². The minimum absolute atomic E-state index is 0.249. The van der Waals surface area contributed by atoms with E-state index in [0.29, 0.717) is 12.8 Å². The molecular weight excluding hydrogens is 987 g/mol. The van der Waals surface area contributed by atoms with Crippen molar-refractivity contribution in [1.82, 2.24) is 5.32 Å². The van der Waals surface area contributed by atoms with E-state index in [4.69, 9.17) is 9.47 Å². The summed E-state index contributed by atoms with van der Waals surface area (Å²) in [6.45, 7) is 3.73. The Kier molecular flexibility index (Phi) is 56.8. The summed E-state index contributed by atoms with van der Waals surface area (Å²) in [7, 11) is 0. The van der Waals surface area contributed by atoms with Crippen molar-refractivity contribution in [1.29, 1.82) is 0 Å². The molecular formula is C69H137NO9. The molecule has 0 bridgehead atoms. The van der Waals surface area contributed by atoms with Crippen molar-refractivity contribution in [3.05, 3.63) is 0 Å². The molecule has 79 heavy (non-hydrogen) atoms. The first-order valence-electron chi connectivity index (χ1n) is 35.3. The van der Waals surface area contributed by atoms with E-state index in [1.807, 2.05) is 0 Å². The molecule has 10 heteroatoms. The highest BCUT2D eigenvalue weighted by atomic mass is 16.7. The van der Waals surface area contributed by atoms with E-state index >= 15 is 0 Å². The lowest BCUT2D eigenvalue weighted by atomic mass is 9.99. The van der Waals surface area contributed by atoms with Crippen molar-refractivity contribution in [3.63, 3.8) is 0 Å². The fraction of sp³-hybridized carbons (Fsp3) is 0.986. The van der Waals surface area contributed by atoms with Crippen LogP contribution in [0.5, 0.6) is 0 Å². The topological polar surface area (TPSA) is 169 Å². The van der Waals surface area contributed by atoms with Crippen LogP contribution in [0, 0.1) is 0 Å². The van der Waals surface area contributed by atoms with Gasteiger partial charge in [-0.2, -0.15) is 0 Å². The van der Waals surface area contributed by atoms with Crippen LogP contribution >= 0.6 is 0 Å². The van der Waals surface area contributed by atoms with E-state index in [9.17, 15) is 35.4 Å². The molecule has 8 unspecified atom stereocenters. The van der Waals surface area contributed by atoms with Gasteiger partial charge in [0.1, 0.15) is 30.5 Å². The number of unbranched alkanes of at least 4 members (excludes halogenated alkanes) is 52. The van der Waals surface area contributed by atoms with Gasteiger partial charge in [0, 0.05) is 0 Å². The number of carbonyl (C=O) groups excluding carboxylic acids is 1. The average Bonchev–Trinajstić information content (AvgIpc) is 3.45. The molecule has 1 amide bonds. The second kappa shape index (κ2) is 58.9. The lowest BCUT2D eigenvalue weighted by molar-refractivity contribution is -0.302. The van der Waals surface area contributed by atoms with Gasteiger partial charge in [-0.15, -0.1) is 0 Å². The lowest BCUT2D eigenvalue weighted by Crippen LogP contribution is -2.60. The van der Waals surface area contributed by atoms with Crippen molar-refractivity contribution in [2.45, 2.75) is 422 Å². The SMILES string of the molecule is CCCCCCCCCCCCCCCCCCCCCCCCCCCCCCCCCCCCCCCCC(O)C(=O)NC(COC1OC(CO)C(O)C(O)C1O)C(O)CCCCCCCCCCCCCCCCCC. The van der Waals surface area contributed by atoms with Crippen molar-refractivity contribution in [3.8, 4) is 0 Å². The monoisotopic (exact) mass is 1120 g/mol. The number of aliphatic hydroxyl groups is 6. The molecule has 0 spiro atoms. The van der Waals surface area contributed by atoms with Gasteiger partial charge >= 0.3 is 0 Å². The van der Waals surface area contributed by atoms with Gasteiger partial charge < -0.3 is 45.4 Å². The van der Waals surface area contributed by atoms with Crippen LogP contribution in [0.1, 0.15) is 373 Å². The zero-order valence-electron chi connectivity index (χ0n) is 52.5. The molecule has 0 aromatic rings. The zero-order valence-corrected chi connectivity index (χ0v) is 52.5. The largest absolute Gasteiger partial charge is 0.394 e. The minimum atomic E-state index is -1.59. The van der Waals surface area contributed by atoms with Gasteiger partial charge in [0.2, 0.25) is 5.91 Å². The maximum Gasteiger partial charge on any atom is 0.249 e. The minimum Gasteiger partial charge on any atom is -0.394 e. The summed E-state index contributed by atoms with van der Waals surface area (Å²) in [4.78, 5) is 13.2. The molecule has 0 radical (unpaired) electrons. The van der Waals surface area contributed by atoms with E-state index < -0.39 is 61.5 Å². The zero-order chi connectivity index (χ0) is 57.3. The van der Waals surface area contributed by atoms with E-state index in [1.54, 1.807) is 0 Å². The second-order valence-electron chi connectivity index (χ2n) is 25.2. The maximum absolute atomic E-state index is 13.2. The van der Waals surface area contributed by atoms with Crippen molar-refractivity contribution in [2.24, 2.45) is 0 Å². The van der Waals surface area contributed by atoms with Gasteiger partial charge in [-0.1, -0.05) is 361 Å². The first kappa shape index (κ1) is 76.2. The molecule has 8 atom stereocenters.